The van der Waals surface area contributed by atoms with Crippen LogP contribution in [0.15, 0.2) is 54.2 Å². The SMILES string of the molecule is C=CCN(c1cn[nH]c1)S(=O)(=O)c1cccc(C#N)c1. The maximum Gasteiger partial charge on any atom is 0.264 e. The number of sulfonamides is 1. The lowest BCUT2D eigenvalue weighted by Gasteiger charge is -2.21. The second kappa shape index (κ2) is 5.59. The van der Waals surface area contributed by atoms with Gasteiger partial charge in [-0.3, -0.25) is 9.40 Å². The van der Waals surface area contributed by atoms with E-state index in [1.54, 1.807) is 6.07 Å². The minimum Gasteiger partial charge on any atom is -0.284 e. The first-order chi connectivity index (χ1) is 9.59. The number of anilines is 1. The molecule has 0 unspecified atom stereocenters. The maximum absolute atomic E-state index is 12.6. The number of aromatic amines is 1. The Balaban J connectivity index is 2.51. The van der Waals surface area contributed by atoms with Gasteiger partial charge >= 0.3 is 0 Å². The molecule has 0 radical (unpaired) electrons. The number of hydrogen-bond acceptors (Lipinski definition) is 4. The van der Waals surface area contributed by atoms with E-state index in [0.29, 0.717) is 5.69 Å². The van der Waals surface area contributed by atoms with Gasteiger partial charge in [-0.1, -0.05) is 12.1 Å². The summed E-state index contributed by atoms with van der Waals surface area (Å²) >= 11 is 0. The molecular formula is C13H12N4O2S. The smallest absolute Gasteiger partial charge is 0.264 e. The first kappa shape index (κ1) is 13.8. The Kier molecular flexibility index (Phi) is 3.86. The normalized spacial score (nSPS) is 10.8. The third-order valence-corrected chi connectivity index (χ3v) is 4.41. The predicted molar refractivity (Wildman–Crippen MR) is 74.5 cm³/mol. The van der Waals surface area contributed by atoms with Crippen LogP contribution in [0.3, 0.4) is 0 Å². The monoisotopic (exact) mass is 288 g/mol. The fourth-order valence-corrected chi connectivity index (χ4v) is 3.15. The molecule has 7 heteroatoms. The van der Waals surface area contributed by atoms with Crippen molar-refractivity contribution in [1.29, 1.82) is 5.26 Å². The molecule has 0 aliphatic carbocycles. The Morgan fingerprint density at radius 2 is 2.30 bits per heavy atom. The predicted octanol–water partition coefficient (Wildman–Crippen LogP) is 1.66. The molecule has 0 saturated heterocycles. The van der Waals surface area contributed by atoms with E-state index >= 15 is 0 Å². The summed E-state index contributed by atoms with van der Waals surface area (Å²) < 4.78 is 26.4. The second-order valence-corrected chi connectivity index (χ2v) is 5.78. The summed E-state index contributed by atoms with van der Waals surface area (Å²) in [4.78, 5) is 0.0552. The summed E-state index contributed by atoms with van der Waals surface area (Å²) in [6.45, 7) is 3.67. The lowest BCUT2D eigenvalue weighted by atomic mass is 10.2. The highest BCUT2D eigenvalue weighted by Gasteiger charge is 2.24. The summed E-state index contributed by atoms with van der Waals surface area (Å²) in [5.41, 5.74) is 0.698. The Labute approximate surface area is 117 Å². The van der Waals surface area contributed by atoms with Crippen LogP contribution in [0.25, 0.3) is 0 Å². The highest BCUT2D eigenvalue weighted by molar-refractivity contribution is 7.92. The molecule has 0 atom stereocenters. The average Bonchev–Trinajstić information content (AvgIpc) is 2.98. The van der Waals surface area contributed by atoms with Crippen LogP contribution in [-0.2, 0) is 10.0 Å². The minimum atomic E-state index is -3.77. The molecule has 0 aliphatic heterocycles. The molecule has 1 N–H and O–H groups in total. The summed E-state index contributed by atoms with van der Waals surface area (Å²) in [5, 5.41) is 15.2. The van der Waals surface area contributed by atoms with Crippen molar-refractivity contribution in [1.82, 2.24) is 10.2 Å². The molecule has 0 bridgehead atoms. The van der Waals surface area contributed by atoms with Gasteiger partial charge in [-0.05, 0) is 18.2 Å². The van der Waals surface area contributed by atoms with E-state index < -0.39 is 10.0 Å². The van der Waals surface area contributed by atoms with Gasteiger partial charge in [0.2, 0.25) is 0 Å². The standard InChI is InChI=1S/C13H12N4O2S/c1-2-6-17(12-9-15-16-10-12)20(18,19)13-5-3-4-11(7-13)8-14/h2-5,7,9-10H,1,6H2,(H,15,16). The van der Waals surface area contributed by atoms with Gasteiger partial charge in [-0.2, -0.15) is 10.4 Å². The topological polar surface area (TPSA) is 89.8 Å². The van der Waals surface area contributed by atoms with Gasteiger partial charge in [0, 0.05) is 6.20 Å². The van der Waals surface area contributed by atoms with E-state index in [1.165, 1.54) is 41.0 Å². The van der Waals surface area contributed by atoms with E-state index in [-0.39, 0.29) is 17.0 Å². The van der Waals surface area contributed by atoms with Gasteiger partial charge in [0.1, 0.15) is 0 Å². The van der Waals surface area contributed by atoms with E-state index in [2.05, 4.69) is 16.8 Å². The van der Waals surface area contributed by atoms with Crippen molar-refractivity contribution >= 4 is 15.7 Å². The van der Waals surface area contributed by atoms with Crippen LogP contribution in [0.1, 0.15) is 5.56 Å². The van der Waals surface area contributed by atoms with Crippen LogP contribution in [0, 0.1) is 11.3 Å². The van der Waals surface area contributed by atoms with Crippen LogP contribution in [0.5, 0.6) is 0 Å². The van der Waals surface area contributed by atoms with Gasteiger partial charge in [0.05, 0.1) is 35.0 Å². The number of rotatable bonds is 5. The largest absolute Gasteiger partial charge is 0.284 e. The number of nitrogens with one attached hydrogen (secondary N) is 1. The van der Waals surface area contributed by atoms with Crippen molar-refractivity contribution in [2.45, 2.75) is 4.90 Å². The van der Waals surface area contributed by atoms with Crippen LogP contribution in [0.2, 0.25) is 0 Å². The number of nitriles is 1. The number of benzene rings is 1. The van der Waals surface area contributed by atoms with Crippen LogP contribution in [-0.4, -0.2) is 25.2 Å². The van der Waals surface area contributed by atoms with Crippen molar-refractivity contribution in [3.8, 4) is 6.07 Å². The zero-order valence-corrected chi connectivity index (χ0v) is 11.3. The van der Waals surface area contributed by atoms with Crippen LogP contribution < -0.4 is 4.31 Å². The highest BCUT2D eigenvalue weighted by Crippen LogP contribution is 2.22. The summed E-state index contributed by atoms with van der Waals surface area (Å²) in [6, 6.07) is 7.80. The Morgan fingerprint density at radius 3 is 2.90 bits per heavy atom. The Bertz CT molecular complexity index is 745. The lowest BCUT2D eigenvalue weighted by Crippen LogP contribution is -2.30. The fraction of sp³-hybridized carbons (Fsp3) is 0.0769. The molecule has 6 nitrogen and oxygen atoms in total. The molecule has 0 saturated carbocycles. The summed E-state index contributed by atoms with van der Waals surface area (Å²) in [5.74, 6) is 0. The van der Waals surface area contributed by atoms with E-state index in [0.717, 1.165) is 0 Å². The molecule has 0 spiro atoms. The molecular weight excluding hydrogens is 276 g/mol. The Morgan fingerprint density at radius 1 is 1.50 bits per heavy atom. The maximum atomic E-state index is 12.6. The van der Waals surface area contributed by atoms with Gasteiger partial charge in [-0.25, -0.2) is 8.42 Å². The Hall–Kier alpha value is -2.59. The number of hydrogen-bond donors (Lipinski definition) is 1. The number of nitrogens with zero attached hydrogens (tertiary/aromatic N) is 3. The third kappa shape index (κ3) is 2.55. The quantitative estimate of drug-likeness (QED) is 0.847. The molecule has 0 aliphatic rings. The average molecular weight is 288 g/mol. The molecule has 1 aromatic heterocycles. The minimum absolute atomic E-state index is 0.0552. The van der Waals surface area contributed by atoms with Gasteiger partial charge in [0.15, 0.2) is 0 Å². The molecule has 20 heavy (non-hydrogen) atoms. The first-order valence-corrected chi connectivity index (χ1v) is 7.16. The molecule has 102 valence electrons. The van der Waals surface area contributed by atoms with Crippen molar-refractivity contribution < 1.29 is 8.42 Å². The molecule has 1 heterocycles. The number of aromatic nitrogens is 2. The summed E-state index contributed by atoms with van der Waals surface area (Å²) in [6.07, 6.45) is 4.38. The van der Waals surface area contributed by atoms with Crippen LogP contribution in [0.4, 0.5) is 5.69 Å². The third-order valence-electron chi connectivity index (χ3n) is 2.62. The van der Waals surface area contributed by atoms with E-state index in [9.17, 15) is 8.42 Å². The fourth-order valence-electron chi connectivity index (χ4n) is 1.69. The molecule has 2 aromatic rings. The lowest BCUT2D eigenvalue weighted by molar-refractivity contribution is 0.593. The molecule has 1 aromatic carbocycles. The molecule has 0 amide bonds. The molecule has 2 rings (SSSR count). The zero-order chi connectivity index (χ0) is 14.6. The van der Waals surface area contributed by atoms with Crippen molar-refractivity contribution in [3.05, 3.63) is 54.9 Å². The van der Waals surface area contributed by atoms with Crippen molar-refractivity contribution in [3.63, 3.8) is 0 Å². The van der Waals surface area contributed by atoms with E-state index in [1.807, 2.05) is 6.07 Å². The highest BCUT2D eigenvalue weighted by atomic mass is 32.2. The van der Waals surface area contributed by atoms with Crippen molar-refractivity contribution in [2.24, 2.45) is 0 Å². The summed E-state index contributed by atoms with van der Waals surface area (Å²) in [7, 11) is -3.77. The number of H-pyrrole nitrogens is 1. The van der Waals surface area contributed by atoms with Gasteiger partial charge in [-0.15, -0.1) is 6.58 Å². The zero-order valence-electron chi connectivity index (χ0n) is 10.5. The second-order valence-electron chi connectivity index (χ2n) is 3.92. The molecule has 0 fully saturated rings. The van der Waals surface area contributed by atoms with E-state index in [4.69, 9.17) is 5.26 Å². The van der Waals surface area contributed by atoms with Gasteiger partial charge < -0.3 is 0 Å². The first-order valence-electron chi connectivity index (χ1n) is 5.72. The van der Waals surface area contributed by atoms with Crippen molar-refractivity contribution in [2.75, 3.05) is 10.8 Å². The van der Waals surface area contributed by atoms with Crippen LogP contribution >= 0.6 is 0 Å². The van der Waals surface area contributed by atoms with Gasteiger partial charge in [0.25, 0.3) is 10.0 Å².